The molecule has 6 rings (SSSR count). The van der Waals surface area contributed by atoms with Crippen LogP contribution in [0.1, 0.15) is 45.0 Å². The van der Waals surface area contributed by atoms with Crippen LogP contribution in [0.25, 0.3) is 16.4 Å². The van der Waals surface area contributed by atoms with E-state index in [1.807, 2.05) is 36.4 Å². The number of hydrogen-bond acceptors (Lipinski definition) is 7. The van der Waals surface area contributed by atoms with Gasteiger partial charge in [-0.2, -0.15) is 5.10 Å². The van der Waals surface area contributed by atoms with Crippen LogP contribution in [0, 0.1) is 30.5 Å². The lowest BCUT2D eigenvalue weighted by molar-refractivity contribution is 0.424. The molecule has 3 aromatic heterocycles. The first-order valence-electron chi connectivity index (χ1n) is 13.3. The van der Waals surface area contributed by atoms with Gasteiger partial charge < -0.3 is 10.0 Å². The lowest BCUT2D eigenvalue weighted by Gasteiger charge is -2.10. The van der Waals surface area contributed by atoms with Crippen LogP contribution >= 0.6 is 22.7 Å². The van der Waals surface area contributed by atoms with Crippen LogP contribution in [0.2, 0.25) is 0 Å². The van der Waals surface area contributed by atoms with Crippen molar-refractivity contribution in [1.82, 2.24) is 14.8 Å². The van der Waals surface area contributed by atoms with Crippen LogP contribution in [-0.2, 0) is 23.8 Å². The van der Waals surface area contributed by atoms with Gasteiger partial charge in [-0.05, 0) is 74.1 Å². The predicted molar refractivity (Wildman–Crippen MR) is 166 cm³/mol. The van der Waals surface area contributed by atoms with Crippen LogP contribution in [0.4, 0.5) is 4.39 Å². The smallest absolute Gasteiger partial charge is 0.422 e. The first-order valence-corrected chi connectivity index (χ1v) is 16.2. The molecule has 2 aromatic carbocycles. The van der Waals surface area contributed by atoms with Crippen molar-refractivity contribution in [2.45, 2.75) is 37.5 Å². The molecule has 5 aromatic rings. The van der Waals surface area contributed by atoms with Crippen molar-refractivity contribution < 1.29 is 18.6 Å². The molecule has 0 amide bonds. The summed E-state index contributed by atoms with van der Waals surface area (Å²) in [6, 6.07) is 16.5. The Balaban J connectivity index is 1.48. The minimum atomic E-state index is -1.92. The third-order valence-corrected chi connectivity index (χ3v) is 9.54. The number of hydrogen-bond donors (Lipinski definition) is 3. The van der Waals surface area contributed by atoms with E-state index >= 15 is 0 Å². The highest BCUT2D eigenvalue weighted by atomic mass is 32.2. The van der Waals surface area contributed by atoms with Crippen molar-refractivity contribution in [2.75, 3.05) is 0 Å². The van der Waals surface area contributed by atoms with E-state index in [1.54, 1.807) is 27.5 Å². The molecule has 212 valence electrons. The highest BCUT2D eigenvalue weighted by Crippen LogP contribution is 2.38. The van der Waals surface area contributed by atoms with Crippen molar-refractivity contribution >= 4 is 46.4 Å². The Hall–Kier alpha value is -3.44. The molecule has 1 saturated carbocycles. The molecular formula is C30H26BFN4O3S3. The van der Waals surface area contributed by atoms with Gasteiger partial charge in [0.05, 0.1) is 26.8 Å². The fourth-order valence-electron chi connectivity index (χ4n) is 4.76. The van der Waals surface area contributed by atoms with Gasteiger partial charge in [-0.15, -0.1) is 22.7 Å². The third kappa shape index (κ3) is 6.32. The summed E-state index contributed by atoms with van der Waals surface area (Å²) >= 11 is 2.92. The molecule has 0 radical (unpaired) electrons. The topological polar surface area (TPSA) is 114 Å². The Morgan fingerprint density at radius 1 is 1.17 bits per heavy atom. The molecule has 4 N–H and O–H groups in total. The van der Waals surface area contributed by atoms with E-state index in [9.17, 15) is 18.6 Å². The summed E-state index contributed by atoms with van der Waals surface area (Å²) in [5, 5.41) is 32.0. The minimum Gasteiger partial charge on any atom is -0.422 e. The zero-order valence-electron chi connectivity index (χ0n) is 22.6. The zero-order valence-corrected chi connectivity index (χ0v) is 25.0. The second-order valence-corrected chi connectivity index (χ2v) is 13.4. The van der Waals surface area contributed by atoms with Gasteiger partial charge in [-0.3, -0.25) is 0 Å². The summed E-state index contributed by atoms with van der Waals surface area (Å²) in [6.07, 6.45) is 3.34. The van der Waals surface area contributed by atoms with Gasteiger partial charge in [-0.1, -0.05) is 30.0 Å². The maximum Gasteiger partial charge on any atom is 0.509 e. The molecule has 1 unspecified atom stereocenters. The van der Waals surface area contributed by atoms with Crippen molar-refractivity contribution in [1.29, 1.82) is 0 Å². The number of aromatic nitrogens is 3. The molecule has 1 atom stereocenters. The van der Waals surface area contributed by atoms with Gasteiger partial charge in [0, 0.05) is 33.4 Å². The number of nitrogens with two attached hydrogens (primary N) is 1. The normalized spacial score (nSPS) is 13.5. The van der Waals surface area contributed by atoms with Gasteiger partial charge in [0.1, 0.15) is 16.8 Å². The van der Waals surface area contributed by atoms with Crippen molar-refractivity contribution in [3.63, 3.8) is 0 Å². The molecule has 0 spiro atoms. The molecule has 0 saturated heterocycles. The summed E-state index contributed by atoms with van der Waals surface area (Å²) in [5.41, 5.74) is 5.11. The number of thiophene rings is 1. The standard InChI is InChI=1S/C30H26BFN4O3S3/c1-18-5-10-23(41-18)11-8-19-3-2-4-22(13-19)29-24(14-21-9-12-27(42(33)39)25(32)15-21)26(16-20-6-7-20)36(35-29)30-34-28(17-40-30)31(37)38/h2-5,9-10,12-13,15,17,20,37-38H,6-7,14,16,33H2,1H3. The quantitative estimate of drug-likeness (QED) is 0.180. The van der Waals surface area contributed by atoms with E-state index in [0.29, 0.717) is 23.0 Å². The average Bonchev–Trinajstić information content (AvgIpc) is 3.31. The fourth-order valence-corrected chi connectivity index (χ4v) is 6.74. The fraction of sp³-hybridized carbons (Fsp3) is 0.200. The Morgan fingerprint density at radius 3 is 2.67 bits per heavy atom. The van der Waals surface area contributed by atoms with Crippen molar-refractivity contribution in [3.05, 3.63) is 97.9 Å². The average molecular weight is 617 g/mol. The maximum atomic E-state index is 14.8. The van der Waals surface area contributed by atoms with Gasteiger partial charge in [0.25, 0.3) is 0 Å². The van der Waals surface area contributed by atoms with E-state index in [0.717, 1.165) is 52.2 Å². The number of halogens is 1. The molecule has 0 bridgehead atoms. The second kappa shape index (κ2) is 12.0. The summed E-state index contributed by atoms with van der Waals surface area (Å²) in [6.45, 7) is 2.05. The van der Waals surface area contributed by atoms with Gasteiger partial charge in [-0.25, -0.2) is 23.4 Å². The molecule has 42 heavy (non-hydrogen) atoms. The number of thiazole rings is 1. The highest BCUT2D eigenvalue weighted by Gasteiger charge is 2.29. The third-order valence-electron chi connectivity index (χ3n) is 7.02. The summed E-state index contributed by atoms with van der Waals surface area (Å²) in [7, 11) is -3.61. The van der Waals surface area contributed by atoms with Crippen LogP contribution in [-0.4, -0.2) is 36.1 Å². The van der Waals surface area contributed by atoms with Crippen LogP contribution < -0.4 is 10.7 Å². The molecule has 0 aliphatic heterocycles. The molecule has 1 fully saturated rings. The number of nitrogens with zero attached hydrogens (tertiary/aromatic N) is 3. The number of benzene rings is 2. The lowest BCUT2D eigenvalue weighted by Crippen LogP contribution is -2.30. The van der Waals surface area contributed by atoms with E-state index in [1.165, 1.54) is 28.3 Å². The van der Waals surface area contributed by atoms with E-state index < -0.39 is 23.9 Å². The molecular weight excluding hydrogens is 590 g/mol. The SMILES string of the molecule is Cc1ccc(C#Cc2cccc(-c3nn(-c4nc(B(O)O)cs4)c(CC4CC4)c3Cc3ccc(S(N)=O)c(F)c3)c2)s1. The molecule has 1 aliphatic rings. The zero-order chi connectivity index (χ0) is 29.4. The van der Waals surface area contributed by atoms with E-state index in [4.69, 9.17) is 10.2 Å². The van der Waals surface area contributed by atoms with Crippen LogP contribution in [0.5, 0.6) is 0 Å². The maximum absolute atomic E-state index is 14.8. The van der Waals surface area contributed by atoms with E-state index in [2.05, 4.69) is 23.7 Å². The Labute approximate surface area is 253 Å². The molecule has 1 aliphatic carbocycles. The predicted octanol–water partition coefficient (Wildman–Crippen LogP) is 4.11. The van der Waals surface area contributed by atoms with Crippen molar-refractivity contribution in [2.24, 2.45) is 11.1 Å². The van der Waals surface area contributed by atoms with Crippen LogP contribution in [0.15, 0.2) is 64.9 Å². The lowest BCUT2D eigenvalue weighted by atomic mass is 9.88. The monoisotopic (exact) mass is 616 g/mol. The molecule has 7 nitrogen and oxygen atoms in total. The molecule has 3 heterocycles. The molecule has 12 heteroatoms. The Morgan fingerprint density at radius 2 is 2.00 bits per heavy atom. The summed E-state index contributed by atoms with van der Waals surface area (Å²) in [4.78, 5) is 6.59. The first-order chi connectivity index (χ1) is 20.2. The van der Waals surface area contributed by atoms with E-state index in [-0.39, 0.29) is 10.5 Å². The summed E-state index contributed by atoms with van der Waals surface area (Å²) in [5.74, 6) is 6.38. The van der Waals surface area contributed by atoms with Gasteiger partial charge >= 0.3 is 7.12 Å². The van der Waals surface area contributed by atoms with Crippen molar-refractivity contribution in [3.8, 4) is 28.2 Å². The van der Waals surface area contributed by atoms with Crippen LogP contribution in [0.3, 0.4) is 0 Å². The van der Waals surface area contributed by atoms with Gasteiger partial charge in [0.15, 0.2) is 0 Å². The van der Waals surface area contributed by atoms with Gasteiger partial charge in [0.2, 0.25) is 5.13 Å². The highest BCUT2D eigenvalue weighted by molar-refractivity contribution is 7.82. The summed E-state index contributed by atoms with van der Waals surface area (Å²) < 4.78 is 28.3. The second-order valence-electron chi connectivity index (χ2n) is 10.2. The number of rotatable bonds is 8. The first kappa shape index (κ1) is 28.7. The Kier molecular flexibility index (Phi) is 8.23. The number of aryl methyl sites for hydroxylation is 1. The minimum absolute atomic E-state index is 0.0436. The Bertz CT molecular complexity index is 1870. The largest absolute Gasteiger partial charge is 0.509 e.